The second kappa shape index (κ2) is 7.77. The van der Waals surface area contributed by atoms with Crippen molar-refractivity contribution in [3.8, 4) is 22.6 Å². The van der Waals surface area contributed by atoms with E-state index >= 15 is 0 Å². The van der Waals surface area contributed by atoms with Gasteiger partial charge in [-0.3, -0.25) is 0 Å². The van der Waals surface area contributed by atoms with E-state index in [0.29, 0.717) is 17.9 Å². The van der Waals surface area contributed by atoms with Gasteiger partial charge >= 0.3 is 0 Å². The van der Waals surface area contributed by atoms with Crippen LogP contribution in [0.1, 0.15) is 22.3 Å². The molecule has 0 bridgehead atoms. The second-order valence-corrected chi connectivity index (χ2v) is 10.8. The van der Waals surface area contributed by atoms with Crippen LogP contribution < -0.4 is 0 Å². The second-order valence-electron chi connectivity index (χ2n) is 7.42. The fourth-order valence-corrected chi connectivity index (χ4v) is 6.96. The number of fused-ring (bicyclic) bond motifs is 3. The van der Waals surface area contributed by atoms with Crippen LogP contribution in [-0.2, 0) is 5.41 Å². The minimum Gasteiger partial charge on any atom is -0.506 e. The van der Waals surface area contributed by atoms with Gasteiger partial charge in [0.1, 0.15) is 11.5 Å². The molecule has 5 rings (SSSR count). The molecular weight excluding hydrogens is 652 g/mol. The van der Waals surface area contributed by atoms with Crippen LogP contribution >= 0.6 is 63.7 Å². The Bertz CT molecular complexity index is 1210. The zero-order valence-corrected chi connectivity index (χ0v) is 22.2. The van der Waals surface area contributed by atoms with E-state index in [4.69, 9.17) is 0 Å². The molecule has 0 atom stereocenters. The molecule has 2 nitrogen and oxygen atoms in total. The molecule has 0 radical (unpaired) electrons. The fraction of sp³-hybridized carbons (Fsp3) is 0.0400. The summed E-state index contributed by atoms with van der Waals surface area (Å²) in [6.07, 6.45) is 0. The molecule has 6 heteroatoms. The van der Waals surface area contributed by atoms with Gasteiger partial charge < -0.3 is 10.2 Å². The van der Waals surface area contributed by atoms with Gasteiger partial charge in [-0.15, -0.1) is 0 Å². The lowest BCUT2D eigenvalue weighted by molar-refractivity contribution is 0.467. The summed E-state index contributed by atoms with van der Waals surface area (Å²) in [7, 11) is 0. The average Bonchev–Trinajstić information content (AvgIpc) is 3.06. The lowest BCUT2D eigenvalue weighted by Crippen LogP contribution is -2.28. The van der Waals surface area contributed by atoms with Crippen LogP contribution in [0.5, 0.6) is 11.5 Å². The van der Waals surface area contributed by atoms with E-state index in [1.54, 1.807) is 0 Å². The molecule has 0 amide bonds. The number of aromatic hydroxyl groups is 2. The van der Waals surface area contributed by atoms with Gasteiger partial charge in [-0.2, -0.15) is 0 Å². The zero-order chi connectivity index (χ0) is 21.9. The molecule has 0 saturated heterocycles. The van der Waals surface area contributed by atoms with E-state index in [0.717, 1.165) is 22.3 Å². The number of halogens is 4. The Morgan fingerprint density at radius 2 is 0.839 bits per heavy atom. The number of phenolic OH excluding ortho intramolecular Hbond substituents is 2. The standard InChI is InChI=1S/C25H14Br4O2/c26-19-9-13(10-20(27)23(19)30)25(14-11-21(28)24(31)22(29)12-14)17-7-3-1-5-15(17)16-6-2-4-8-18(16)25/h1-12,30-31H. The predicted octanol–water partition coefficient (Wildman–Crippen LogP) is 8.51. The van der Waals surface area contributed by atoms with Gasteiger partial charge in [0.05, 0.1) is 23.3 Å². The number of phenols is 2. The van der Waals surface area contributed by atoms with Crippen LogP contribution in [0.25, 0.3) is 11.1 Å². The molecular formula is C25H14Br4O2. The zero-order valence-electron chi connectivity index (χ0n) is 15.8. The largest absolute Gasteiger partial charge is 0.506 e. The molecule has 0 saturated carbocycles. The first-order valence-corrected chi connectivity index (χ1v) is 12.6. The summed E-state index contributed by atoms with van der Waals surface area (Å²) in [5, 5.41) is 20.8. The van der Waals surface area contributed by atoms with E-state index in [2.05, 4.69) is 112 Å². The summed E-state index contributed by atoms with van der Waals surface area (Å²) < 4.78 is 2.43. The highest BCUT2D eigenvalue weighted by atomic mass is 79.9. The Kier molecular flexibility index (Phi) is 5.32. The van der Waals surface area contributed by atoms with E-state index in [-0.39, 0.29) is 11.5 Å². The summed E-state index contributed by atoms with van der Waals surface area (Å²) in [5.41, 5.74) is 5.95. The van der Waals surface area contributed by atoms with E-state index in [9.17, 15) is 10.2 Å². The highest BCUT2D eigenvalue weighted by Gasteiger charge is 2.46. The lowest BCUT2D eigenvalue weighted by atomic mass is 9.67. The van der Waals surface area contributed by atoms with E-state index in [1.807, 2.05) is 24.3 Å². The summed E-state index contributed by atoms with van der Waals surface area (Å²) in [5.74, 6) is 0.318. The molecule has 0 aliphatic heterocycles. The number of rotatable bonds is 2. The maximum Gasteiger partial charge on any atom is 0.143 e. The molecule has 154 valence electrons. The summed E-state index contributed by atoms with van der Waals surface area (Å²) in [4.78, 5) is 0. The molecule has 4 aromatic carbocycles. The lowest BCUT2D eigenvalue weighted by Gasteiger charge is -2.34. The maximum atomic E-state index is 10.4. The van der Waals surface area contributed by atoms with Crippen LogP contribution in [0.4, 0.5) is 0 Å². The molecule has 1 aliphatic rings. The number of hydrogen-bond acceptors (Lipinski definition) is 2. The summed E-state index contributed by atoms with van der Waals surface area (Å²) >= 11 is 14.1. The average molecular weight is 666 g/mol. The quantitative estimate of drug-likeness (QED) is 0.199. The first-order chi connectivity index (χ1) is 14.9. The van der Waals surface area contributed by atoms with Crippen molar-refractivity contribution in [2.75, 3.05) is 0 Å². The Morgan fingerprint density at radius 3 is 1.19 bits per heavy atom. The molecule has 0 aromatic heterocycles. The monoisotopic (exact) mass is 662 g/mol. The highest BCUT2D eigenvalue weighted by Crippen LogP contribution is 2.58. The third-order valence-corrected chi connectivity index (χ3v) is 8.27. The minimum absolute atomic E-state index is 0.159. The Labute approximate surface area is 213 Å². The first kappa shape index (κ1) is 21.3. The van der Waals surface area contributed by atoms with Crippen LogP contribution in [0.3, 0.4) is 0 Å². The molecule has 1 aliphatic carbocycles. The van der Waals surface area contributed by atoms with Crippen molar-refractivity contribution in [1.29, 1.82) is 0 Å². The highest BCUT2D eigenvalue weighted by molar-refractivity contribution is 9.11. The van der Waals surface area contributed by atoms with Crippen LogP contribution in [0, 0.1) is 0 Å². The van der Waals surface area contributed by atoms with Gasteiger partial charge in [-0.1, -0.05) is 48.5 Å². The van der Waals surface area contributed by atoms with Crippen molar-refractivity contribution in [2.45, 2.75) is 5.41 Å². The number of benzene rings is 4. The van der Waals surface area contributed by atoms with Crippen molar-refractivity contribution in [3.63, 3.8) is 0 Å². The first-order valence-electron chi connectivity index (χ1n) is 9.42. The van der Waals surface area contributed by atoms with Crippen molar-refractivity contribution >= 4 is 63.7 Å². The Morgan fingerprint density at radius 1 is 0.516 bits per heavy atom. The summed E-state index contributed by atoms with van der Waals surface area (Å²) in [6, 6.07) is 24.7. The van der Waals surface area contributed by atoms with Crippen LogP contribution in [0.2, 0.25) is 0 Å². The fourth-order valence-electron chi connectivity index (χ4n) is 4.59. The van der Waals surface area contributed by atoms with Crippen molar-refractivity contribution < 1.29 is 10.2 Å². The molecule has 0 spiro atoms. The van der Waals surface area contributed by atoms with Gasteiger partial charge in [0, 0.05) is 0 Å². The maximum absolute atomic E-state index is 10.4. The van der Waals surface area contributed by atoms with Crippen molar-refractivity contribution in [2.24, 2.45) is 0 Å². The molecule has 0 fully saturated rings. The van der Waals surface area contributed by atoms with Crippen molar-refractivity contribution in [3.05, 3.63) is 113 Å². The van der Waals surface area contributed by atoms with E-state index in [1.165, 1.54) is 11.1 Å². The minimum atomic E-state index is -0.648. The molecule has 2 N–H and O–H groups in total. The topological polar surface area (TPSA) is 40.5 Å². The molecule has 31 heavy (non-hydrogen) atoms. The Balaban J connectivity index is 2.00. The summed E-state index contributed by atoms with van der Waals surface area (Å²) in [6.45, 7) is 0. The smallest absolute Gasteiger partial charge is 0.143 e. The Hall–Kier alpha value is -1.60. The van der Waals surface area contributed by atoms with Gasteiger partial charge in [0.25, 0.3) is 0 Å². The van der Waals surface area contributed by atoms with Gasteiger partial charge in [0.15, 0.2) is 0 Å². The van der Waals surface area contributed by atoms with E-state index < -0.39 is 5.41 Å². The van der Waals surface area contributed by atoms with Crippen LogP contribution in [-0.4, -0.2) is 10.2 Å². The van der Waals surface area contributed by atoms with Gasteiger partial charge in [-0.25, -0.2) is 0 Å². The van der Waals surface area contributed by atoms with Gasteiger partial charge in [-0.05, 0) is 121 Å². The molecule has 0 heterocycles. The molecule has 0 unspecified atom stereocenters. The third-order valence-electron chi connectivity index (χ3n) is 5.85. The third kappa shape index (κ3) is 3.06. The molecule has 4 aromatic rings. The van der Waals surface area contributed by atoms with Crippen LogP contribution in [0.15, 0.2) is 90.7 Å². The van der Waals surface area contributed by atoms with Crippen molar-refractivity contribution in [1.82, 2.24) is 0 Å². The SMILES string of the molecule is Oc1c(Br)cc(C2(c3cc(Br)c(O)c(Br)c3)c3ccccc3-c3ccccc32)cc1Br. The number of hydrogen-bond donors (Lipinski definition) is 2. The van der Waals surface area contributed by atoms with Gasteiger partial charge in [0.2, 0.25) is 0 Å². The predicted molar refractivity (Wildman–Crippen MR) is 138 cm³/mol. The normalized spacial score (nSPS) is 13.7.